The van der Waals surface area contributed by atoms with Gasteiger partial charge >= 0.3 is 0 Å². The lowest BCUT2D eigenvalue weighted by Crippen LogP contribution is -2.48. The zero-order valence-electron chi connectivity index (χ0n) is 11.7. The minimum Gasteiger partial charge on any atom is -0.388 e. The molecule has 0 amide bonds. The summed E-state index contributed by atoms with van der Waals surface area (Å²) >= 11 is 6.32. The minimum atomic E-state index is -0.635. The molecule has 2 aliphatic heterocycles. The average Bonchev–Trinajstić information content (AvgIpc) is 2.84. The van der Waals surface area contributed by atoms with E-state index in [1.54, 1.807) is 0 Å². The summed E-state index contributed by atoms with van der Waals surface area (Å²) in [5.41, 5.74) is 1.18. The largest absolute Gasteiger partial charge is 0.388 e. The predicted octanol–water partition coefficient (Wildman–Crippen LogP) is 1.91. The standard InChI is InChI=1S/C14H22ClN3O/c1-10-13(15)11(17(2)16-10)9-14(19)6-8-18-7-4-3-5-12(14)18/h12,19H,3-9H2,1-2H3. The van der Waals surface area contributed by atoms with E-state index < -0.39 is 5.60 Å². The van der Waals surface area contributed by atoms with Crippen LogP contribution < -0.4 is 0 Å². The normalized spacial score (nSPS) is 31.7. The molecule has 0 spiro atoms. The molecule has 0 radical (unpaired) electrons. The maximum atomic E-state index is 11.1. The molecule has 0 aromatic carbocycles. The molecule has 3 rings (SSSR count). The number of fused-ring (bicyclic) bond motifs is 1. The Hall–Kier alpha value is -0.580. The quantitative estimate of drug-likeness (QED) is 0.901. The molecule has 5 heteroatoms. The number of nitrogens with zero attached hydrogens (tertiary/aromatic N) is 3. The molecule has 2 fully saturated rings. The van der Waals surface area contributed by atoms with E-state index in [1.165, 1.54) is 12.8 Å². The highest BCUT2D eigenvalue weighted by atomic mass is 35.5. The Bertz CT molecular complexity index is 487. The lowest BCUT2D eigenvalue weighted by Gasteiger charge is -2.37. The number of halogens is 1. The molecule has 1 aromatic rings. The van der Waals surface area contributed by atoms with Crippen LogP contribution in [0.2, 0.25) is 5.02 Å². The smallest absolute Gasteiger partial charge is 0.0869 e. The van der Waals surface area contributed by atoms with Gasteiger partial charge in [0.2, 0.25) is 0 Å². The number of aryl methyl sites for hydroxylation is 2. The molecule has 4 nitrogen and oxygen atoms in total. The van der Waals surface area contributed by atoms with E-state index in [4.69, 9.17) is 11.6 Å². The summed E-state index contributed by atoms with van der Waals surface area (Å²) in [4.78, 5) is 2.45. The lowest BCUT2D eigenvalue weighted by molar-refractivity contribution is -0.0102. The van der Waals surface area contributed by atoms with Crippen molar-refractivity contribution in [2.45, 2.75) is 50.7 Å². The van der Waals surface area contributed by atoms with Gasteiger partial charge in [0, 0.05) is 26.1 Å². The summed E-state index contributed by atoms with van der Waals surface area (Å²) in [7, 11) is 1.91. The molecular weight excluding hydrogens is 262 g/mol. The topological polar surface area (TPSA) is 41.3 Å². The average molecular weight is 284 g/mol. The maximum absolute atomic E-state index is 11.1. The van der Waals surface area contributed by atoms with Gasteiger partial charge in [-0.3, -0.25) is 9.58 Å². The second-order valence-corrected chi connectivity index (χ2v) is 6.43. The van der Waals surface area contributed by atoms with Crippen molar-refractivity contribution in [1.29, 1.82) is 0 Å². The van der Waals surface area contributed by atoms with Crippen LogP contribution in [-0.2, 0) is 13.5 Å². The third-order valence-electron chi connectivity index (χ3n) is 4.80. The number of piperidine rings is 1. The summed E-state index contributed by atoms with van der Waals surface area (Å²) < 4.78 is 1.82. The van der Waals surface area contributed by atoms with Crippen LogP contribution in [0.15, 0.2) is 0 Å². The molecule has 2 saturated heterocycles. The number of aliphatic hydroxyl groups is 1. The fraction of sp³-hybridized carbons (Fsp3) is 0.786. The predicted molar refractivity (Wildman–Crippen MR) is 75.4 cm³/mol. The Morgan fingerprint density at radius 2 is 2.21 bits per heavy atom. The van der Waals surface area contributed by atoms with Crippen LogP contribution in [-0.4, -0.2) is 44.5 Å². The molecule has 3 heterocycles. The molecule has 2 atom stereocenters. The van der Waals surface area contributed by atoms with Crippen molar-refractivity contribution in [3.8, 4) is 0 Å². The fourth-order valence-corrected chi connectivity index (χ4v) is 3.97. The molecule has 0 bridgehead atoms. The van der Waals surface area contributed by atoms with Gasteiger partial charge in [-0.2, -0.15) is 5.10 Å². The number of hydrogen-bond donors (Lipinski definition) is 1. The van der Waals surface area contributed by atoms with Crippen molar-refractivity contribution in [2.75, 3.05) is 13.1 Å². The number of aromatic nitrogens is 2. The highest BCUT2D eigenvalue weighted by molar-refractivity contribution is 6.31. The van der Waals surface area contributed by atoms with Gasteiger partial charge in [0.25, 0.3) is 0 Å². The van der Waals surface area contributed by atoms with Crippen LogP contribution in [0.1, 0.15) is 37.1 Å². The van der Waals surface area contributed by atoms with Crippen LogP contribution in [0, 0.1) is 6.92 Å². The number of rotatable bonds is 2. The van der Waals surface area contributed by atoms with Gasteiger partial charge in [0.05, 0.1) is 22.0 Å². The van der Waals surface area contributed by atoms with E-state index in [-0.39, 0.29) is 0 Å². The van der Waals surface area contributed by atoms with Crippen molar-refractivity contribution in [3.05, 3.63) is 16.4 Å². The van der Waals surface area contributed by atoms with Gasteiger partial charge in [-0.15, -0.1) is 0 Å². The van der Waals surface area contributed by atoms with Crippen LogP contribution in [0.25, 0.3) is 0 Å². The zero-order chi connectivity index (χ0) is 13.6. The first kappa shape index (κ1) is 13.4. The second-order valence-electron chi connectivity index (χ2n) is 6.05. The Labute approximate surface area is 119 Å². The first-order valence-electron chi connectivity index (χ1n) is 7.16. The van der Waals surface area contributed by atoms with E-state index in [0.717, 1.165) is 37.3 Å². The monoisotopic (exact) mass is 283 g/mol. The lowest BCUT2D eigenvalue weighted by atomic mass is 9.85. The summed E-state index contributed by atoms with van der Waals surface area (Å²) in [6.45, 7) is 4.05. The minimum absolute atomic E-state index is 0.299. The van der Waals surface area contributed by atoms with Gasteiger partial charge < -0.3 is 5.11 Å². The molecule has 0 saturated carbocycles. The molecule has 2 aliphatic rings. The van der Waals surface area contributed by atoms with Crippen molar-refractivity contribution < 1.29 is 5.11 Å². The van der Waals surface area contributed by atoms with Crippen LogP contribution in [0.5, 0.6) is 0 Å². The molecule has 0 aliphatic carbocycles. The Morgan fingerprint density at radius 1 is 1.42 bits per heavy atom. The summed E-state index contributed by atoms with van der Waals surface area (Å²) in [5, 5.41) is 16.1. The fourth-order valence-electron chi connectivity index (χ4n) is 3.74. The van der Waals surface area contributed by atoms with Gasteiger partial charge in [0.1, 0.15) is 0 Å². The van der Waals surface area contributed by atoms with E-state index >= 15 is 0 Å². The summed E-state index contributed by atoms with van der Waals surface area (Å²) in [6.07, 6.45) is 5.05. The second kappa shape index (κ2) is 4.76. The molecule has 1 N–H and O–H groups in total. The van der Waals surface area contributed by atoms with E-state index in [0.29, 0.717) is 17.5 Å². The van der Waals surface area contributed by atoms with Crippen LogP contribution >= 0.6 is 11.6 Å². The Morgan fingerprint density at radius 3 is 2.89 bits per heavy atom. The van der Waals surface area contributed by atoms with Gasteiger partial charge in [-0.05, 0) is 32.7 Å². The first-order valence-corrected chi connectivity index (χ1v) is 7.53. The highest BCUT2D eigenvalue weighted by Gasteiger charge is 2.47. The first-order chi connectivity index (χ1) is 9.01. The van der Waals surface area contributed by atoms with Crippen molar-refractivity contribution in [3.63, 3.8) is 0 Å². The van der Waals surface area contributed by atoms with Crippen molar-refractivity contribution >= 4 is 11.6 Å². The van der Waals surface area contributed by atoms with Crippen LogP contribution in [0.3, 0.4) is 0 Å². The molecular formula is C14H22ClN3O. The van der Waals surface area contributed by atoms with Gasteiger partial charge in [-0.25, -0.2) is 0 Å². The van der Waals surface area contributed by atoms with Crippen molar-refractivity contribution in [1.82, 2.24) is 14.7 Å². The van der Waals surface area contributed by atoms with E-state index in [2.05, 4.69) is 10.00 Å². The summed E-state index contributed by atoms with van der Waals surface area (Å²) in [6, 6.07) is 0.299. The maximum Gasteiger partial charge on any atom is 0.0869 e. The van der Waals surface area contributed by atoms with Crippen molar-refractivity contribution in [2.24, 2.45) is 7.05 Å². The molecule has 19 heavy (non-hydrogen) atoms. The molecule has 106 valence electrons. The zero-order valence-corrected chi connectivity index (χ0v) is 12.4. The van der Waals surface area contributed by atoms with Gasteiger partial charge in [-0.1, -0.05) is 18.0 Å². The third-order valence-corrected chi connectivity index (χ3v) is 5.29. The van der Waals surface area contributed by atoms with Crippen LogP contribution in [0.4, 0.5) is 0 Å². The van der Waals surface area contributed by atoms with E-state index in [1.807, 2.05) is 18.7 Å². The highest BCUT2D eigenvalue weighted by Crippen LogP contribution is 2.38. The molecule has 1 aromatic heterocycles. The Kier molecular flexibility index (Phi) is 3.36. The number of hydrogen-bond acceptors (Lipinski definition) is 3. The van der Waals surface area contributed by atoms with Gasteiger partial charge in [0.15, 0.2) is 0 Å². The summed E-state index contributed by atoms with van der Waals surface area (Å²) in [5.74, 6) is 0. The SMILES string of the molecule is Cc1nn(C)c(CC2(O)CCN3CCCCC32)c1Cl. The van der Waals surface area contributed by atoms with E-state index in [9.17, 15) is 5.11 Å². The molecule has 2 unspecified atom stereocenters. The Balaban J connectivity index is 1.85. The third kappa shape index (κ3) is 2.20.